The fraction of sp³-hybridized carbons (Fsp3) is 0.312. The summed E-state index contributed by atoms with van der Waals surface area (Å²) in [6.45, 7) is 0.746. The third-order valence-corrected chi connectivity index (χ3v) is 4.34. The summed E-state index contributed by atoms with van der Waals surface area (Å²) >= 11 is 1.65. The second-order valence-electron chi connectivity index (χ2n) is 5.44. The van der Waals surface area contributed by atoms with Crippen molar-refractivity contribution < 1.29 is 14.3 Å². The number of amides is 2. The van der Waals surface area contributed by atoms with E-state index in [1.807, 2.05) is 19.5 Å². The zero-order valence-corrected chi connectivity index (χ0v) is 13.9. The average molecular weight is 333 g/mol. The van der Waals surface area contributed by atoms with E-state index in [1.54, 1.807) is 29.5 Å². The first kappa shape index (κ1) is 15.6. The molecule has 0 spiro atoms. The number of hydrogen-bond acceptors (Lipinski definition) is 5. The van der Waals surface area contributed by atoms with Gasteiger partial charge in [0.1, 0.15) is 0 Å². The summed E-state index contributed by atoms with van der Waals surface area (Å²) in [5, 5.41) is 9.86. The predicted octanol–water partition coefficient (Wildman–Crippen LogP) is 2.90. The molecule has 1 aliphatic rings. The van der Waals surface area contributed by atoms with Gasteiger partial charge in [0.2, 0.25) is 6.79 Å². The summed E-state index contributed by atoms with van der Waals surface area (Å²) in [7, 11) is 4.00. The van der Waals surface area contributed by atoms with Crippen molar-refractivity contribution in [1.82, 2.24) is 10.2 Å². The number of nitrogens with one attached hydrogen (secondary N) is 2. The lowest BCUT2D eigenvalue weighted by molar-refractivity contribution is 0.174. The van der Waals surface area contributed by atoms with Gasteiger partial charge < -0.3 is 25.0 Å². The molecule has 3 rings (SSSR count). The van der Waals surface area contributed by atoms with E-state index in [9.17, 15) is 4.79 Å². The van der Waals surface area contributed by atoms with Gasteiger partial charge in [0, 0.05) is 18.3 Å². The van der Waals surface area contributed by atoms with E-state index >= 15 is 0 Å². The first-order valence-corrected chi connectivity index (χ1v) is 8.21. The summed E-state index contributed by atoms with van der Waals surface area (Å²) in [4.78, 5) is 14.2. The van der Waals surface area contributed by atoms with Gasteiger partial charge >= 0.3 is 6.03 Å². The van der Waals surface area contributed by atoms with Crippen LogP contribution < -0.4 is 20.1 Å². The van der Waals surface area contributed by atoms with Gasteiger partial charge in [-0.15, -0.1) is 0 Å². The van der Waals surface area contributed by atoms with E-state index in [0.717, 1.165) is 0 Å². The van der Waals surface area contributed by atoms with Gasteiger partial charge in [0.05, 0.1) is 6.04 Å². The monoisotopic (exact) mass is 333 g/mol. The van der Waals surface area contributed by atoms with Gasteiger partial charge in [-0.25, -0.2) is 4.79 Å². The Balaban J connectivity index is 1.57. The minimum atomic E-state index is -0.244. The average Bonchev–Trinajstić information content (AvgIpc) is 3.17. The summed E-state index contributed by atoms with van der Waals surface area (Å²) in [5.41, 5.74) is 1.87. The maximum absolute atomic E-state index is 12.1. The van der Waals surface area contributed by atoms with Crippen LogP contribution in [0.5, 0.6) is 11.5 Å². The second kappa shape index (κ2) is 6.89. The highest BCUT2D eigenvalue weighted by atomic mass is 32.1. The first-order valence-electron chi connectivity index (χ1n) is 7.26. The molecule has 1 aliphatic heterocycles. The van der Waals surface area contributed by atoms with Crippen molar-refractivity contribution >= 4 is 23.1 Å². The van der Waals surface area contributed by atoms with Crippen molar-refractivity contribution in [3.63, 3.8) is 0 Å². The predicted molar refractivity (Wildman–Crippen MR) is 90.3 cm³/mol. The fourth-order valence-corrected chi connectivity index (χ4v) is 3.11. The molecular formula is C16H19N3O3S. The Morgan fingerprint density at radius 2 is 2.13 bits per heavy atom. The molecule has 2 amide bonds. The maximum Gasteiger partial charge on any atom is 0.319 e. The summed E-state index contributed by atoms with van der Waals surface area (Å²) in [6.07, 6.45) is 0. The van der Waals surface area contributed by atoms with E-state index < -0.39 is 0 Å². The maximum atomic E-state index is 12.1. The Labute approximate surface area is 139 Å². The molecule has 0 aliphatic carbocycles. The molecule has 0 saturated carbocycles. The van der Waals surface area contributed by atoms with Gasteiger partial charge in [-0.3, -0.25) is 0 Å². The molecule has 1 aromatic carbocycles. The number of rotatable bonds is 5. The van der Waals surface area contributed by atoms with Crippen molar-refractivity contribution in [1.29, 1.82) is 0 Å². The molecule has 6 nitrogen and oxygen atoms in total. The van der Waals surface area contributed by atoms with Crippen molar-refractivity contribution in [2.75, 3.05) is 32.7 Å². The Bertz CT molecular complexity index is 673. The fourth-order valence-electron chi connectivity index (χ4n) is 2.40. The van der Waals surface area contributed by atoms with E-state index in [1.165, 1.54) is 5.56 Å². The van der Waals surface area contributed by atoms with Crippen LogP contribution in [0.25, 0.3) is 0 Å². The summed E-state index contributed by atoms with van der Waals surface area (Å²) in [6, 6.07) is 7.30. The summed E-state index contributed by atoms with van der Waals surface area (Å²) in [5.74, 6) is 1.34. The zero-order valence-electron chi connectivity index (χ0n) is 13.0. The lowest BCUT2D eigenvalue weighted by Crippen LogP contribution is -2.36. The minimum Gasteiger partial charge on any atom is -0.454 e. The molecule has 0 fully saturated rings. The molecule has 1 atom stereocenters. The number of anilines is 1. The molecule has 0 saturated heterocycles. The first-order chi connectivity index (χ1) is 11.1. The highest BCUT2D eigenvalue weighted by Crippen LogP contribution is 2.34. The van der Waals surface area contributed by atoms with Crippen LogP contribution >= 0.6 is 11.3 Å². The van der Waals surface area contributed by atoms with E-state index in [-0.39, 0.29) is 18.9 Å². The normalized spacial score (nSPS) is 13.9. The SMILES string of the molecule is CN(C)C(CNC(=O)Nc1ccc2c(c1)OCO2)c1ccsc1. The largest absolute Gasteiger partial charge is 0.454 e. The second-order valence-corrected chi connectivity index (χ2v) is 6.22. The molecule has 1 unspecified atom stereocenters. The molecule has 23 heavy (non-hydrogen) atoms. The number of carbonyl (C=O) groups excluding carboxylic acids is 1. The van der Waals surface area contributed by atoms with Crippen LogP contribution in [0.2, 0.25) is 0 Å². The molecule has 1 aromatic heterocycles. The number of fused-ring (bicyclic) bond motifs is 1. The Kier molecular flexibility index (Phi) is 4.68. The zero-order chi connectivity index (χ0) is 16.2. The van der Waals surface area contributed by atoms with Crippen LogP contribution in [0, 0.1) is 0 Å². The topological polar surface area (TPSA) is 62.8 Å². The number of benzene rings is 1. The van der Waals surface area contributed by atoms with E-state index in [0.29, 0.717) is 23.7 Å². The number of nitrogens with zero attached hydrogens (tertiary/aromatic N) is 1. The molecule has 2 heterocycles. The van der Waals surface area contributed by atoms with Crippen molar-refractivity contribution in [3.05, 3.63) is 40.6 Å². The third kappa shape index (κ3) is 3.75. The molecule has 7 heteroatoms. The van der Waals surface area contributed by atoms with E-state index in [4.69, 9.17) is 9.47 Å². The van der Waals surface area contributed by atoms with Crippen molar-refractivity contribution in [2.45, 2.75) is 6.04 Å². The van der Waals surface area contributed by atoms with Crippen LogP contribution in [-0.2, 0) is 0 Å². The Morgan fingerprint density at radius 3 is 2.87 bits per heavy atom. The summed E-state index contributed by atoms with van der Waals surface area (Å²) < 4.78 is 10.5. The smallest absolute Gasteiger partial charge is 0.319 e. The lowest BCUT2D eigenvalue weighted by Gasteiger charge is -2.24. The molecule has 0 radical (unpaired) electrons. The molecule has 0 bridgehead atoms. The number of thiophene rings is 1. The van der Waals surface area contributed by atoms with E-state index in [2.05, 4.69) is 27.0 Å². The Hall–Kier alpha value is -2.25. The van der Waals surface area contributed by atoms with Crippen LogP contribution in [0.1, 0.15) is 11.6 Å². The quantitative estimate of drug-likeness (QED) is 0.883. The van der Waals surface area contributed by atoms with Crippen LogP contribution in [-0.4, -0.2) is 38.4 Å². The third-order valence-electron chi connectivity index (χ3n) is 3.64. The molecule has 122 valence electrons. The van der Waals surface area contributed by atoms with Crippen LogP contribution in [0.4, 0.5) is 10.5 Å². The Morgan fingerprint density at radius 1 is 1.30 bits per heavy atom. The number of urea groups is 1. The van der Waals surface area contributed by atoms with Gasteiger partial charge in [-0.1, -0.05) is 0 Å². The minimum absolute atomic E-state index is 0.142. The van der Waals surface area contributed by atoms with Crippen molar-refractivity contribution in [2.24, 2.45) is 0 Å². The number of carbonyl (C=O) groups is 1. The number of ether oxygens (including phenoxy) is 2. The standard InChI is InChI=1S/C16H19N3O3S/c1-19(2)13(11-5-6-23-9-11)8-17-16(20)18-12-3-4-14-15(7-12)22-10-21-14/h3-7,9,13H,8,10H2,1-2H3,(H2,17,18,20). The molecular weight excluding hydrogens is 314 g/mol. The van der Waals surface area contributed by atoms with Crippen LogP contribution in [0.3, 0.4) is 0 Å². The van der Waals surface area contributed by atoms with Gasteiger partial charge in [0.25, 0.3) is 0 Å². The highest BCUT2D eigenvalue weighted by molar-refractivity contribution is 7.07. The molecule has 2 aromatic rings. The highest BCUT2D eigenvalue weighted by Gasteiger charge is 2.17. The van der Waals surface area contributed by atoms with Gasteiger partial charge in [0.15, 0.2) is 11.5 Å². The lowest BCUT2D eigenvalue weighted by atomic mass is 10.1. The molecule has 2 N–H and O–H groups in total. The number of hydrogen-bond donors (Lipinski definition) is 2. The van der Waals surface area contributed by atoms with Gasteiger partial charge in [-0.05, 0) is 48.6 Å². The van der Waals surface area contributed by atoms with Crippen LogP contribution in [0.15, 0.2) is 35.0 Å². The van der Waals surface area contributed by atoms with Gasteiger partial charge in [-0.2, -0.15) is 11.3 Å². The van der Waals surface area contributed by atoms with Crippen molar-refractivity contribution in [3.8, 4) is 11.5 Å². The number of likely N-dealkylation sites (N-methyl/N-ethyl adjacent to an activating group) is 1.